The zero-order valence-corrected chi connectivity index (χ0v) is 18.6. The van der Waals surface area contributed by atoms with Crippen molar-refractivity contribution >= 4 is 23.1 Å². The molecular weight excluding hydrogens is 400 g/mol. The Morgan fingerprint density at radius 1 is 1.19 bits per heavy atom. The largest absolute Gasteiger partial charge is 0.356 e. The molecule has 0 aromatic heterocycles. The van der Waals surface area contributed by atoms with Gasteiger partial charge in [-0.05, 0) is 67.7 Å². The molecule has 1 aromatic rings. The van der Waals surface area contributed by atoms with Crippen molar-refractivity contribution in [2.45, 2.75) is 57.8 Å². The fourth-order valence-corrected chi connectivity index (χ4v) is 4.72. The van der Waals surface area contributed by atoms with Gasteiger partial charge >= 0.3 is 0 Å². The Bertz CT molecular complexity index is 1040. The van der Waals surface area contributed by atoms with Gasteiger partial charge in [0.15, 0.2) is 0 Å². The number of likely N-dealkylation sites (tertiary alicyclic amines) is 1. The summed E-state index contributed by atoms with van der Waals surface area (Å²) in [7, 11) is 0. The minimum Gasteiger partial charge on any atom is -0.356 e. The van der Waals surface area contributed by atoms with Crippen LogP contribution in [0.1, 0.15) is 68.9 Å². The number of allylic oxidation sites excluding steroid dienone is 4. The second-order valence-electron chi connectivity index (χ2n) is 8.76. The van der Waals surface area contributed by atoms with Gasteiger partial charge in [0.1, 0.15) is 5.70 Å². The third-order valence-electron chi connectivity index (χ3n) is 6.66. The first-order chi connectivity index (χ1) is 15.5. The maximum absolute atomic E-state index is 12.9. The van der Waals surface area contributed by atoms with E-state index in [1.807, 2.05) is 11.0 Å². The highest BCUT2D eigenvalue weighted by atomic mass is 16.2. The van der Waals surface area contributed by atoms with Crippen LogP contribution in [0, 0.1) is 11.3 Å². The lowest BCUT2D eigenvalue weighted by Crippen LogP contribution is -2.36. The van der Waals surface area contributed by atoms with Crippen molar-refractivity contribution in [2.24, 2.45) is 0 Å². The average Bonchev–Trinajstić information content (AvgIpc) is 2.85. The average molecular weight is 431 g/mol. The Morgan fingerprint density at radius 3 is 2.62 bits per heavy atom. The molecule has 4 rings (SSSR count). The fourth-order valence-electron chi connectivity index (χ4n) is 4.72. The molecule has 1 saturated heterocycles. The number of hydrogen-bond acceptors (Lipinski definition) is 4. The van der Waals surface area contributed by atoms with Gasteiger partial charge in [0.25, 0.3) is 5.91 Å². The van der Waals surface area contributed by atoms with Crippen LogP contribution in [0.2, 0.25) is 0 Å². The molecule has 1 aliphatic carbocycles. The topological polar surface area (TPSA) is 85.2 Å². The number of amides is 2. The van der Waals surface area contributed by atoms with Crippen LogP contribution < -0.4 is 10.6 Å². The summed E-state index contributed by atoms with van der Waals surface area (Å²) in [5.74, 6) is 0.380. The van der Waals surface area contributed by atoms with Gasteiger partial charge in [-0.1, -0.05) is 18.2 Å². The number of benzene rings is 1. The first-order valence-corrected chi connectivity index (χ1v) is 11.5. The Balaban J connectivity index is 1.55. The molecule has 1 fully saturated rings. The molecule has 6 nitrogen and oxygen atoms in total. The van der Waals surface area contributed by atoms with E-state index in [4.69, 9.17) is 5.26 Å². The first kappa shape index (κ1) is 21.9. The van der Waals surface area contributed by atoms with Crippen molar-refractivity contribution in [1.29, 1.82) is 5.26 Å². The number of nitrogens with one attached hydrogen (secondary N) is 2. The van der Waals surface area contributed by atoms with Crippen molar-refractivity contribution in [3.8, 4) is 6.07 Å². The number of carbonyl (C=O) groups is 2. The lowest BCUT2D eigenvalue weighted by Gasteiger charge is -2.32. The molecule has 2 heterocycles. The van der Waals surface area contributed by atoms with E-state index in [1.165, 1.54) is 17.6 Å². The molecule has 2 aliphatic heterocycles. The SMILES string of the molecule is CC(=O)N1CCC(c2ccc(NC(=O)C3=CCC(C#N)=CN3)c(C3=CCCCC3)c2)CC1. The van der Waals surface area contributed by atoms with Crippen LogP contribution in [-0.2, 0) is 9.59 Å². The minimum absolute atomic E-state index is 0.150. The highest BCUT2D eigenvalue weighted by Crippen LogP contribution is 2.36. The van der Waals surface area contributed by atoms with Crippen LogP contribution in [0.4, 0.5) is 5.69 Å². The highest BCUT2D eigenvalue weighted by molar-refractivity contribution is 6.05. The van der Waals surface area contributed by atoms with Crippen LogP contribution in [0.25, 0.3) is 5.57 Å². The number of hydrogen-bond donors (Lipinski definition) is 2. The van der Waals surface area contributed by atoms with Crippen molar-refractivity contribution < 1.29 is 9.59 Å². The summed E-state index contributed by atoms with van der Waals surface area (Å²) >= 11 is 0. The number of anilines is 1. The minimum atomic E-state index is -0.196. The van der Waals surface area contributed by atoms with Crippen molar-refractivity contribution in [3.63, 3.8) is 0 Å². The Hall–Kier alpha value is -3.33. The zero-order chi connectivity index (χ0) is 22.5. The summed E-state index contributed by atoms with van der Waals surface area (Å²) in [6, 6.07) is 8.49. The second-order valence-corrected chi connectivity index (χ2v) is 8.76. The van der Waals surface area contributed by atoms with E-state index in [1.54, 1.807) is 19.2 Å². The number of nitrogens with zero attached hydrogens (tertiary/aromatic N) is 2. The zero-order valence-electron chi connectivity index (χ0n) is 18.6. The van der Waals surface area contributed by atoms with E-state index < -0.39 is 0 Å². The summed E-state index contributed by atoms with van der Waals surface area (Å²) in [6.07, 6.45) is 12.5. The molecule has 2 amide bonds. The van der Waals surface area contributed by atoms with Crippen molar-refractivity contribution in [2.75, 3.05) is 18.4 Å². The maximum Gasteiger partial charge on any atom is 0.271 e. The van der Waals surface area contributed by atoms with E-state index in [9.17, 15) is 9.59 Å². The van der Waals surface area contributed by atoms with Gasteiger partial charge in [-0.25, -0.2) is 0 Å². The highest BCUT2D eigenvalue weighted by Gasteiger charge is 2.24. The number of rotatable bonds is 4. The number of carbonyl (C=O) groups excluding carboxylic acids is 2. The standard InChI is InChI=1S/C26H30N4O2/c1-18(31)30-13-11-20(12-14-30)22-8-10-24(23(15-22)21-5-3-2-4-6-21)29-26(32)25-9-7-19(16-27)17-28-25/h5,8-10,15,17,20,28H,2-4,6-7,11-14H2,1H3,(H,29,32). The molecule has 1 aromatic carbocycles. The third kappa shape index (κ3) is 4.94. The molecule has 0 saturated carbocycles. The molecule has 0 atom stereocenters. The molecule has 0 radical (unpaired) electrons. The number of nitriles is 1. The predicted molar refractivity (Wildman–Crippen MR) is 125 cm³/mol. The summed E-state index contributed by atoms with van der Waals surface area (Å²) in [5, 5.41) is 15.0. The van der Waals surface area contributed by atoms with Crippen LogP contribution in [0.15, 0.2) is 47.8 Å². The number of dihydropyridines is 1. The predicted octanol–water partition coefficient (Wildman–Crippen LogP) is 4.59. The molecule has 166 valence electrons. The molecule has 2 N–H and O–H groups in total. The quantitative estimate of drug-likeness (QED) is 0.731. The normalized spacial score (nSPS) is 19.1. The van der Waals surface area contributed by atoms with Gasteiger partial charge in [-0.3, -0.25) is 9.59 Å². The Labute approximate surface area is 189 Å². The smallest absolute Gasteiger partial charge is 0.271 e. The van der Waals surface area contributed by atoms with Gasteiger partial charge in [-0.15, -0.1) is 0 Å². The summed E-state index contributed by atoms with van der Waals surface area (Å²) < 4.78 is 0. The Morgan fingerprint density at radius 2 is 2.00 bits per heavy atom. The van der Waals surface area contributed by atoms with Crippen LogP contribution in [0.3, 0.4) is 0 Å². The fraction of sp³-hybridized carbons (Fsp3) is 0.423. The van der Waals surface area contributed by atoms with E-state index in [0.717, 1.165) is 56.4 Å². The van der Waals surface area contributed by atoms with Crippen LogP contribution in [0.5, 0.6) is 0 Å². The molecular formula is C26H30N4O2. The summed E-state index contributed by atoms with van der Waals surface area (Å²) in [6.45, 7) is 3.24. The van der Waals surface area contributed by atoms with E-state index in [-0.39, 0.29) is 11.8 Å². The summed E-state index contributed by atoms with van der Waals surface area (Å²) in [4.78, 5) is 26.5. The maximum atomic E-state index is 12.9. The van der Waals surface area contributed by atoms with E-state index >= 15 is 0 Å². The Kier molecular flexibility index (Phi) is 6.75. The molecule has 0 spiro atoms. The number of piperidine rings is 1. The third-order valence-corrected chi connectivity index (χ3v) is 6.66. The molecule has 0 bridgehead atoms. The first-order valence-electron chi connectivity index (χ1n) is 11.5. The lowest BCUT2D eigenvalue weighted by molar-refractivity contribution is -0.129. The summed E-state index contributed by atoms with van der Waals surface area (Å²) in [5.41, 5.74) is 5.58. The van der Waals surface area contributed by atoms with Gasteiger partial charge in [0.2, 0.25) is 5.91 Å². The molecule has 3 aliphatic rings. The monoisotopic (exact) mass is 430 g/mol. The van der Waals surface area contributed by atoms with Gasteiger partial charge in [0, 0.05) is 49.5 Å². The van der Waals surface area contributed by atoms with Gasteiger partial charge in [0.05, 0.1) is 6.07 Å². The van der Waals surface area contributed by atoms with E-state index in [0.29, 0.717) is 23.6 Å². The molecule has 32 heavy (non-hydrogen) atoms. The molecule has 0 unspecified atom stereocenters. The van der Waals surface area contributed by atoms with Gasteiger partial charge < -0.3 is 15.5 Å². The lowest BCUT2D eigenvalue weighted by atomic mass is 9.85. The van der Waals surface area contributed by atoms with E-state index in [2.05, 4.69) is 34.9 Å². The van der Waals surface area contributed by atoms with Crippen molar-refractivity contribution in [1.82, 2.24) is 10.2 Å². The molecule has 6 heteroatoms. The van der Waals surface area contributed by atoms with Crippen LogP contribution in [-0.4, -0.2) is 29.8 Å². The van der Waals surface area contributed by atoms with Gasteiger partial charge in [-0.2, -0.15) is 5.26 Å². The second kappa shape index (κ2) is 9.86. The van der Waals surface area contributed by atoms with Crippen molar-refractivity contribution in [3.05, 3.63) is 58.9 Å². The van der Waals surface area contributed by atoms with Crippen LogP contribution >= 0.6 is 0 Å².